The molecule has 0 fully saturated rings. The number of non-ortho nitro benzene ring substituents is 1. The number of aromatic nitrogens is 2. The fourth-order valence-corrected chi connectivity index (χ4v) is 2.15. The summed E-state index contributed by atoms with van der Waals surface area (Å²) in [5, 5.41) is 27.8. The Morgan fingerprint density at radius 1 is 1.23 bits per heavy atom. The highest BCUT2D eigenvalue weighted by Crippen LogP contribution is 2.25. The molecule has 0 radical (unpaired) electrons. The number of nitro groups is 1. The van der Waals surface area contributed by atoms with Gasteiger partial charge in [-0.3, -0.25) is 10.1 Å². The smallest absolute Gasteiger partial charge is 0.339 e. The second-order valence-electron chi connectivity index (χ2n) is 5.35. The molecule has 0 aliphatic rings. The zero-order valence-electron chi connectivity index (χ0n) is 13.5. The van der Waals surface area contributed by atoms with Crippen molar-refractivity contribution >= 4 is 11.7 Å². The lowest BCUT2D eigenvalue weighted by Gasteiger charge is -2.09. The number of aromatic hydroxyl groups is 1. The van der Waals surface area contributed by atoms with Gasteiger partial charge in [0, 0.05) is 17.7 Å². The molecule has 1 aromatic heterocycles. The first-order chi connectivity index (χ1) is 12.4. The highest BCUT2D eigenvalue weighted by atomic mass is 16.6. The number of hydrogen-bond donors (Lipinski definition) is 1. The van der Waals surface area contributed by atoms with E-state index in [-0.39, 0.29) is 28.8 Å². The van der Waals surface area contributed by atoms with Gasteiger partial charge < -0.3 is 14.3 Å². The first-order valence-corrected chi connectivity index (χ1v) is 7.52. The van der Waals surface area contributed by atoms with Crippen molar-refractivity contribution in [3.63, 3.8) is 0 Å². The molecule has 1 atom stereocenters. The molecule has 0 saturated heterocycles. The third kappa shape index (κ3) is 3.66. The molecule has 1 heterocycles. The summed E-state index contributed by atoms with van der Waals surface area (Å²) in [5.74, 6) is -0.476. The molecular formula is C17H13N3O6. The number of hydrogen-bond acceptors (Lipinski definition) is 8. The molecule has 26 heavy (non-hydrogen) atoms. The Morgan fingerprint density at radius 3 is 2.62 bits per heavy atom. The van der Waals surface area contributed by atoms with Crippen LogP contribution < -0.4 is 0 Å². The van der Waals surface area contributed by atoms with Gasteiger partial charge >= 0.3 is 5.97 Å². The van der Waals surface area contributed by atoms with E-state index in [0.29, 0.717) is 5.56 Å². The maximum absolute atomic E-state index is 12.1. The van der Waals surface area contributed by atoms with Crippen LogP contribution in [0.2, 0.25) is 0 Å². The fourth-order valence-electron chi connectivity index (χ4n) is 2.15. The van der Waals surface area contributed by atoms with E-state index < -0.39 is 17.0 Å². The third-order valence-corrected chi connectivity index (χ3v) is 3.48. The fraction of sp³-hybridized carbons (Fsp3) is 0.118. The van der Waals surface area contributed by atoms with Gasteiger partial charge in [-0.15, -0.1) is 10.2 Å². The van der Waals surface area contributed by atoms with E-state index in [1.54, 1.807) is 6.92 Å². The van der Waals surface area contributed by atoms with Crippen molar-refractivity contribution in [2.75, 3.05) is 0 Å². The summed E-state index contributed by atoms with van der Waals surface area (Å²) >= 11 is 0. The molecule has 0 saturated carbocycles. The highest BCUT2D eigenvalue weighted by molar-refractivity contribution is 5.89. The Kier molecular flexibility index (Phi) is 4.61. The number of nitro benzene ring substituents is 1. The van der Waals surface area contributed by atoms with Crippen molar-refractivity contribution in [3.8, 4) is 17.2 Å². The van der Waals surface area contributed by atoms with Gasteiger partial charge in [0.25, 0.3) is 11.6 Å². The molecule has 0 unspecified atom stereocenters. The lowest BCUT2D eigenvalue weighted by Crippen LogP contribution is -2.09. The van der Waals surface area contributed by atoms with E-state index in [9.17, 15) is 20.0 Å². The summed E-state index contributed by atoms with van der Waals surface area (Å²) < 4.78 is 10.7. The van der Waals surface area contributed by atoms with E-state index in [2.05, 4.69) is 10.2 Å². The van der Waals surface area contributed by atoms with E-state index in [1.807, 2.05) is 0 Å². The van der Waals surface area contributed by atoms with Gasteiger partial charge in [0.1, 0.15) is 5.75 Å². The predicted molar refractivity (Wildman–Crippen MR) is 88.3 cm³/mol. The number of ether oxygens (including phenoxy) is 1. The van der Waals surface area contributed by atoms with E-state index >= 15 is 0 Å². The van der Waals surface area contributed by atoms with Gasteiger partial charge in [0.2, 0.25) is 5.89 Å². The van der Waals surface area contributed by atoms with Crippen molar-refractivity contribution in [1.82, 2.24) is 10.2 Å². The minimum Gasteiger partial charge on any atom is -0.508 e. The SMILES string of the molecule is C[C@@H](OC(=O)c1cccc(O)c1)c1nnc(-c2ccc([N+](=O)[O-])cc2)o1. The monoisotopic (exact) mass is 355 g/mol. The molecule has 0 aliphatic carbocycles. The van der Waals surface area contributed by atoms with Gasteiger partial charge in [-0.25, -0.2) is 4.79 Å². The quantitative estimate of drug-likeness (QED) is 0.419. The number of carbonyl (C=O) groups is 1. The second-order valence-corrected chi connectivity index (χ2v) is 5.35. The van der Waals surface area contributed by atoms with Crippen molar-refractivity contribution in [2.24, 2.45) is 0 Å². The Balaban J connectivity index is 1.72. The van der Waals surface area contributed by atoms with Crippen LogP contribution in [0.4, 0.5) is 5.69 Å². The molecule has 1 N–H and O–H groups in total. The van der Waals surface area contributed by atoms with Crippen LogP contribution in [0.1, 0.15) is 29.3 Å². The molecule has 2 aromatic carbocycles. The number of nitrogens with zero attached hydrogens (tertiary/aromatic N) is 3. The zero-order chi connectivity index (χ0) is 18.7. The van der Waals surface area contributed by atoms with Crippen LogP contribution in [0.3, 0.4) is 0 Å². The van der Waals surface area contributed by atoms with Crippen LogP contribution in [-0.2, 0) is 4.74 Å². The summed E-state index contributed by atoms with van der Waals surface area (Å²) in [6.45, 7) is 1.56. The molecule has 0 spiro atoms. The third-order valence-electron chi connectivity index (χ3n) is 3.48. The largest absolute Gasteiger partial charge is 0.508 e. The number of phenolic OH excluding ortho intramolecular Hbond substituents is 1. The Hall–Kier alpha value is -3.75. The molecular weight excluding hydrogens is 342 g/mol. The van der Waals surface area contributed by atoms with Gasteiger partial charge in [-0.2, -0.15) is 0 Å². The minimum absolute atomic E-state index is 0.0506. The molecule has 132 valence electrons. The van der Waals surface area contributed by atoms with E-state index in [1.165, 1.54) is 48.5 Å². The molecule has 9 heteroatoms. The first-order valence-electron chi connectivity index (χ1n) is 7.52. The summed E-state index contributed by atoms with van der Waals surface area (Å²) in [5.41, 5.74) is 0.634. The van der Waals surface area contributed by atoms with Crippen LogP contribution in [-0.4, -0.2) is 26.2 Å². The van der Waals surface area contributed by atoms with Crippen molar-refractivity contribution in [1.29, 1.82) is 0 Å². The van der Waals surface area contributed by atoms with Crippen LogP contribution in [0.25, 0.3) is 11.5 Å². The Labute approximate surface area is 147 Å². The Bertz CT molecular complexity index is 951. The maximum Gasteiger partial charge on any atom is 0.339 e. The summed E-state index contributed by atoms with van der Waals surface area (Å²) in [4.78, 5) is 22.2. The van der Waals surface area contributed by atoms with Gasteiger partial charge in [-0.05, 0) is 37.3 Å². The maximum atomic E-state index is 12.1. The highest BCUT2D eigenvalue weighted by Gasteiger charge is 2.20. The average molecular weight is 355 g/mol. The number of rotatable bonds is 5. The molecule has 3 aromatic rings. The molecule has 3 rings (SSSR count). The standard InChI is InChI=1S/C17H13N3O6/c1-10(25-17(22)12-3-2-4-14(21)9-12)15-18-19-16(26-15)11-5-7-13(8-6-11)20(23)24/h2-10,21H,1H3/t10-/m1/s1. The van der Waals surface area contributed by atoms with Crippen LogP contribution in [0.5, 0.6) is 5.75 Å². The number of phenols is 1. The Morgan fingerprint density at radius 2 is 1.96 bits per heavy atom. The molecule has 9 nitrogen and oxygen atoms in total. The first kappa shape index (κ1) is 17.1. The van der Waals surface area contributed by atoms with E-state index in [4.69, 9.17) is 9.15 Å². The molecule has 0 amide bonds. The lowest BCUT2D eigenvalue weighted by molar-refractivity contribution is -0.384. The van der Waals surface area contributed by atoms with Gasteiger partial charge in [-0.1, -0.05) is 6.07 Å². The van der Waals surface area contributed by atoms with Crippen LogP contribution in [0.15, 0.2) is 52.9 Å². The lowest BCUT2D eigenvalue weighted by atomic mass is 10.2. The normalized spacial score (nSPS) is 11.7. The minimum atomic E-state index is -0.816. The van der Waals surface area contributed by atoms with Crippen LogP contribution in [0, 0.1) is 10.1 Å². The topological polar surface area (TPSA) is 129 Å². The van der Waals surface area contributed by atoms with Crippen molar-refractivity contribution in [3.05, 3.63) is 70.1 Å². The van der Waals surface area contributed by atoms with E-state index in [0.717, 1.165) is 0 Å². The van der Waals surface area contributed by atoms with Crippen molar-refractivity contribution in [2.45, 2.75) is 13.0 Å². The summed E-state index contributed by atoms with van der Waals surface area (Å²) in [7, 11) is 0. The number of carbonyl (C=O) groups excluding carboxylic acids is 1. The average Bonchev–Trinajstić information content (AvgIpc) is 3.12. The summed E-state index contributed by atoms with van der Waals surface area (Å²) in [6.07, 6.45) is -0.816. The number of esters is 1. The molecule has 0 aliphatic heterocycles. The number of benzene rings is 2. The van der Waals surface area contributed by atoms with Crippen LogP contribution >= 0.6 is 0 Å². The molecule has 0 bridgehead atoms. The summed E-state index contributed by atoms with van der Waals surface area (Å²) in [6, 6.07) is 11.4. The van der Waals surface area contributed by atoms with Gasteiger partial charge in [0.05, 0.1) is 10.5 Å². The van der Waals surface area contributed by atoms with Crippen molar-refractivity contribution < 1.29 is 24.0 Å². The predicted octanol–water partition coefficient (Wildman–Crippen LogP) is 3.27. The zero-order valence-corrected chi connectivity index (χ0v) is 13.5. The van der Waals surface area contributed by atoms with Gasteiger partial charge in [0.15, 0.2) is 6.10 Å². The second kappa shape index (κ2) is 7.01.